The minimum atomic E-state index is -1.09. The van der Waals surface area contributed by atoms with Crippen molar-refractivity contribution in [1.29, 1.82) is 0 Å². The predicted molar refractivity (Wildman–Crippen MR) is 83.4 cm³/mol. The summed E-state index contributed by atoms with van der Waals surface area (Å²) in [6.45, 7) is 2.06. The first kappa shape index (κ1) is 17.1. The zero-order valence-corrected chi connectivity index (χ0v) is 13.6. The summed E-state index contributed by atoms with van der Waals surface area (Å²) >= 11 is 1.70. The van der Waals surface area contributed by atoms with Crippen molar-refractivity contribution in [2.75, 3.05) is 32.5 Å². The van der Waals surface area contributed by atoms with Gasteiger partial charge in [0.15, 0.2) is 0 Å². The van der Waals surface area contributed by atoms with E-state index in [1.54, 1.807) is 34.4 Å². The molecule has 6 nitrogen and oxygen atoms in total. The Balaban J connectivity index is 2.92. The Kier molecular flexibility index (Phi) is 5.66. The third-order valence-electron chi connectivity index (χ3n) is 2.55. The van der Waals surface area contributed by atoms with Crippen LogP contribution in [0.1, 0.15) is 6.92 Å². The highest BCUT2D eigenvalue weighted by molar-refractivity contribution is 14.1. The lowest BCUT2D eigenvalue weighted by Gasteiger charge is -2.27. The lowest BCUT2D eigenvalue weighted by atomic mass is 10.1. The smallest absolute Gasteiger partial charge is 0.293 e. The van der Waals surface area contributed by atoms with Crippen LogP contribution in [0.25, 0.3) is 0 Å². The van der Waals surface area contributed by atoms with Crippen molar-refractivity contribution in [3.8, 4) is 0 Å². The zero-order valence-electron chi connectivity index (χ0n) is 11.5. The summed E-state index contributed by atoms with van der Waals surface area (Å²) in [4.78, 5) is 12.2. The Morgan fingerprint density at radius 2 is 2.15 bits per heavy atom. The molecule has 0 spiro atoms. The highest BCUT2D eigenvalue weighted by Gasteiger charge is 2.24. The minimum absolute atomic E-state index is 0.0620. The maximum absolute atomic E-state index is 13.5. The molecule has 1 rings (SSSR count). The van der Waals surface area contributed by atoms with Gasteiger partial charge < -0.3 is 15.3 Å². The molecule has 112 valence electrons. The maximum Gasteiger partial charge on any atom is 0.293 e. The Morgan fingerprint density at radius 3 is 2.65 bits per heavy atom. The quantitative estimate of drug-likeness (QED) is 0.437. The van der Waals surface area contributed by atoms with Gasteiger partial charge in [0.1, 0.15) is 11.5 Å². The molecule has 0 amide bonds. The van der Waals surface area contributed by atoms with E-state index in [0.717, 1.165) is 6.07 Å². The molecule has 0 saturated carbocycles. The van der Waals surface area contributed by atoms with E-state index in [0.29, 0.717) is 6.54 Å². The molecule has 0 radical (unpaired) electrons. The van der Waals surface area contributed by atoms with Crippen LogP contribution in [-0.4, -0.2) is 47.7 Å². The van der Waals surface area contributed by atoms with Crippen LogP contribution in [0.4, 0.5) is 15.8 Å². The number of aliphatic hydroxyl groups is 1. The Hall–Kier alpha value is -1.00. The summed E-state index contributed by atoms with van der Waals surface area (Å²) in [5.41, 5.74) is -1.24. The molecule has 0 heterocycles. The van der Waals surface area contributed by atoms with Gasteiger partial charge in [-0.1, -0.05) is 0 Å². The lowest BCUT2D eigenvalue weighted by molar-refractivity contribution is -0.384. The Morgan fingerprint density at radius 1 is 1.55 bits per heavy atom. The number of anilines is 1. The average Bonchev–Trinajstić information content (AvgIpc) is 2.28. The second kappa shape index (κ2) is 6.64. The number of hydrogen-bond acceptors (Lipinski definition) is 5. The van der Waals surface area contributed by atoms with Crippen molar-refractivity contribution in [3.05, 3.63) is 31.6 Å². The summed E-state index contributed by atoms with van der Waals surface area (Å²) in [7, 11) is 3.61. The highest BCUT2D eigenvalue weighted by atomic mass is 127. The minimum Gasteiger partial charge on any atom is -0.387 e. The number of halogens is 2. The first-order chi connectivity index (χ1) is 9.12. The molecule has 1 unspecified atom stereocenters. The molecule has 0 aliphatic carbocycles. The van der Waals surface area contributed by atoms with Crippen LogP contribution in [-0.2, 0) is 0 Å². The largest absolute Gasteiger partial charge is 0.387 e. The van der Waals surface area contributed by atoms with Crippen molar-refractivity contribution in [2.45, 2.75) is 12.5 Å². The molecule has 8 heteroatoms. The van der Waals surface area contributed by atoms with Gasteiger partial charge in [0.05, 0.1) is 14.1 Å². The van der Waals surface area contributed by atoms with Crippen LogP contribution >= 0.6 is 22.6 Å². The Bertz CT molecular complexity index is 509. The number of rotatable bonds is 6. The number of hydrogen-bond donors (Lipinski definition) is 2. The maximum atomic E-state index is 13.5. The van der Waals surface area contributed by atoms with Crippen LogP contribution < -0.4 is 5.32 Å². The van der Waals surface area contributed by atoms with Crippen molar-refractivity contribution >= 4 is 34.0 Å². The standard InChI is InChI=1S/C12H17FIN3O3/c1-12(18,7-16(2)3)6-15-10-4-8(13)9(14)5-11(10)17(19)20/h4-5,15,18H,6-7H2,1-3H3. The molecular weight excluding hydrogens is 380 g/mol. The SMILES string of the molecule is CN(C)CC(C)(O)CNc1cc(F)c(I)cc1[N+](=O)[O-]. The Labute approximate surface area is 130 Å². The lowest BCUT2D eigenvalue weighted by Crippen LogP contribution is -2.43. The summed E-state index contributed by atoms with van der Waals surface area (Å²) in [6, 6.07) is 2.24. The number of nitro benzene ring substituents is 1. The normalized spacial score (nSPS) is 14.2. The van der Waals surface area contributed by atoms with Crippen molar-refractivity contribution in [3.63, 3.8) is 0 Å². The molecule has 0 fully saturated rings. The van der Waals surface area contributed by atoms with Gasteiger partial charge in [-0.2, -0.15) is 0 Å². The van der Waals surface area contributed by atoms with Crippen molar-refractivity contribution in [1.82, 2.24) is 4.90 Å². The van der Waals surface area contributed by atoms with E-state index in [9.17, 15) is 19.6 Å². The first-order valence-electron chi connectivity index (χ1n) is 5.87. The fraction of sp³-hybridized carbons (Fsp3) is 0.500. The number of nitrogens with one attached hydrogen (secondary N) is 1. The monoisotopic (exact) mass is 397 g/mol. The predicted octanol–water partition coefficient (Wildman–Crippen LogP) is 2.06. The average molecular weight is 397 g/mol. The molecule has 2 N–H and O–H groups in total. The molecule has 20 heavy (non-hydrogen) atoms. The van der Waals surface area contributed by atoms with Gasteiger partial charge in [0.25, 0.3) is 5.69 Å². The third-order valence-corrected chi connectivity index (χ3v) is 3.38. The van der Waals surface area contributed by atoms with Gasteiger partial charge in [-0.05, 0) is 43.6 Å². The van der Waals surface area contributed by atoms with E-state index in [4.69, 9.17) is 0 Å². The summed E-state index contributed by atoms with van der Waals surface area (Å²) in [5, 5.41) is 23.8. The van der Waals surface area contributed by atoms with Crippen LogP contribution in [0.15, 0.2) is 12.1 Å². The van der Waals surface area contributed by atoms with Gasteiger partial charge in [-0.3, -0.25) is 10.1 Å². The molecule has 0 aromatic heterocycles. The number of nitrogens with zero attached hydrogens (tertiary/aromatic N) is 2. The molecule has 0 bridgehead atoms. The second-order valence-electron chi connectivity index (χ2n) is 5.13. The second-order valence-corrected chi connectivity index (χ2v) is 6.29. The molecule has 1 aromatic rings. The van der Waals surface area contributed by atoms with Crippen LogP contribution in [0.2, 0.25) is 0 Å². The number of likely N-dealkylation sites (N-methyl/N-ethyl adjacent to an activating group) is 1. The fourth-order valence-corrected chi connectivity index (χ4v) is 2.30. The van der Waals surface area contributed by atoms with Gasteiger partial charge in [0, 0.05) is 25.2 Å². The van der Waals surface area contributed by atoms with Crippen LogP contribution in [0, 0.1) is 19.5 Å². The molecule has 1 atom stereocenters. The van der Waals surface area contributed by atoms with Gasteiger partial charge in [-0.25, -0.2) is 4.39 Å². The van der Waals surface area contributed by atoms with E-state index < -0.39 is 16.3 Å². The number of nitro groups is 1. The molecule has 1 aromatic carbocycles. The zero-order chi connectivity index (χ0) is 15.5. The molecule has 0 saturated heterocycles. The van der Waals surface area contributed by atoms with Crippen molar-refractivity contribution in [2.24, 2.45) is 0 Å². The fourth-order valence-electron chi connectivity index (χ4n) is 1.85. The van der Waals surface area contributed by atoms with Gasteiger partial charge in [-0.15, -0.1) is 0 Å². The van der Waals surface area contributed by atoms with Crippen molar-refractivity contribution < 1.29 is 14.4 Å². The topological polar surface area (TPSA) is 78.6 Å². The third kappa shape index (κ3) is 4.84. The van der Waals surface area contributed by atoms with Gasteiger partial charge >= 0.3 is 0 Å². The highest BCUT2D eigenvalue weighted by Crippen LogP contribution is 2.29. The van der Waals surface area contributed by atoms with E-state index in [1.807, 2.05) is 14.1 Å². The van der Waals surface area contributed by atoms with E-state index in [1.165, 1.54) is 6.07 Å². The van der Waals surface area contributed by atoms with E-state index in [-0.39, 0.29) is 21.5 Å². The summed E-state index contributed by atoms with van der Waals surface area (Å²) in [5.74, 6) is -0.536. The molecule has 0 aliphatic heterocycles. The van der Waals surface area contributed by atoms with E-state index in [2.05, 4.69) is 5.32 Å². The molecule has 0 aliphatic rings. The van der Waals surface area contributed by atoms with Crippen LogP contribution in [0.3, 0.4) is 0 Å². The molecular formula is C12H17FIN3O3. The van der Waals surface area contributed by atoms with Crippen LogP contribution in [0.5, 0.6) is 0 Å². The summed E-state index contributed by atoms with van der Waals surface area (Å²) < 4.78 is 13.7. The van der Waals surface area contributed by atoms with E-state index >= 15 is 0 Å². The van der Waals surface area contributed by atoms with Gasteiger partial charge in [0.2, 0.25) is 0 Å². The number of benzene rings is 1. The summed E-state index contributed by atoms with van der Waals surface area (Å²) in [6.07, 6.45) is 0. The first-order valence-corrected chi connectivity index (χ1v) is 6.95.